The van der Waals surface area contributed by atoms with Crippen molar-refractivity contribution >= 4 is 52.3 Å². The van der Waals surface area contributed by atoms with Gasteiger partial charge in [0.15, 0.2) is 0 Å². The number of H-pyrrole nitrogens is 2. The van der Waals surface area contributed by atoms with Gasteiger partial charge in [-0.15, -0.1) is 0 Å². The number of carbonyl (C=O) groups excluding carboxylic acids is 1. The van der Waals surface area contributed by atoms with Gasteiger partial charge in [0.1, 0.15) is 0 Å². The summed E-state index contributed by atoms with van der Waals surface area (Å²) >= 11 is 0. The molecule has 300 valence electrons. The molecule has 5 unspecified atom stereocenters. The zero-order chi connectivity index (χ0) is 41.7. The van der Waals surface area contributed by atoms with Gasteiger partial charge in [0.2, 0.25) is 5.91 Å². The van der Waals surface area contributed by atoms with Crippen LogP contribution in [0.1, 0.15) is 74.6 Å². The van der Waals surface area contributed by atoms with Crippen LogP contribution in [0.25, 0.3) is 79.8 Å². The lowest BCUT2D eigenvalue weighted by Gasteiger charge is -2.20. The second-order valence-electron chi connectivity index (χ2n) is 18.1. The number of amides is 1. The summed E-state index contributed by atoms with van der Waals surface area (Å²) < 4.78 is 0. The van der Waals surface area contributed by atoms with E-state index in [1.165, 1.54) is 44.5 Å². The van der Waals surface area contributed by atoms with Crippen LogP contribution >= 0.6 is 0 Å². The number of aryl methyl sites for hydroxylation is 6. The number of carbonyl (C=O) groups is 1. The van der Waals surface area contributed by atoms with E-state index in [0.717, 1.165) is 92.0 Å². The minimum Gasteiger partial charge on any atom is -0.356 e. The molecule has 10 bridgehead atoms. The quantitative estimate of drug-likeness (QED) is 0.156. The summed E-state index contributed by atoms with van der Waals surface area (Å²) in [5.41, 5.74) is 22.1. The first kappa shape index (κ1) is 37.3. The third kappa shape index (κ3) is 6.04. The lowest BCUT2D eigenvalue weighted by molar-refractivity contribution is -0.124. The zero-order valence-corrected chi connectivity index (χ0v) is 35.6. The summed E-state index contributed by atoms with van der Waals surface area (Å²) in [4.78, 5) is 31.8. The van der Waals surface area contributed by atoms with Gasteiger partial charge < -0.3 is 15.3 Å². The molecule has 11 rings (SSSR count). The van der Waals surface area contributed by atoms with E-state index in [4.69, 9.17) is 9.97 Å². The Morgan fingerprint density at radius 3 is 1.62 bits per heavy atom. The monoisotopic (exact) mass is 795 g/mol. The molecule has 2 saturated carbocycles. The average Bonchev–Trinajstić information content (AvgIpc) is 4.10. The van der Waals surface area contributed by atoms with Crippen LogP contribution in [0.2, 0.25) is 0 Å². The van der Waals surface area contributed by atoms with Crippen LogP contribution in [0.5, 0.6) is 0 Å². The highest BCUT2D eigenvalue weighted by Gasteiger charge is 2.58. The SMILES string of the molecule is Cc1cc(C)c(-c2c3nc(c(-c4ccccc4)c4ccc([nH]4)c(-c4c(C)cc(C)cc4C)c4nc(c(C#CC5C6CCC5C5C(=O)NCC65)c5ccc2[nH]5)C=C4)C=C3)c(C)c1. The molecule has 5 atom stereocenters. The van der Waals surface area contributed by atoms with Crippen LogP contribution in [-0.2, 0) is 4.79 Å². The maximum Gasteiger partial charge on any atom is 0.223 e. The highest BCUT2D eigenvalue weighted by atomic mass is 16.2. The van der Waals surface area contributed by atoms with Crippen molar-refractivity contribution < 1.29 is 4.79 Å². The van der Waals surface area contributed by atoms with E-state index in [2.05, 4.69) is 172 Å². The van der Waals surface area contributed by atoms with Gasteiger partial charge in [0.25, 0.3) is 0 Å². The molecular weight excluding hydrogens is 747 g/mol. The molecule has 3 fully saturated rings. The summed E-state index contributed by atoms with van der Waals surface area (Å²) in [6.07, 6.45) is 10.8. The minimum absolute atomic E-state index is 0.0874. The molecule has 5 aliphatic rings. The van der Waals surface area contributed by atoms with Crippen molar-refractivity contribution in [2.24, 2.45) is 29.6 Å². The average molecular weight is 796 g/mol. The Balaban J connectivity index is 1.26. The Morgan fingerprint density at radius 2 is 1.03 bits per heavy atom. The molecule has 6 heterocycles. The molecule has 1 saturated heterocycles. The van der Waals surface area contributed by atoms with Gasteiger partial charge in [-0.1, -0.05) is 77.6 Å². The van der Waals surface area contributed by atoms with Crippen LogP contribution in [-0.4, -0.2) is 32.4 Å². The van der Waals surface area contributed by atoms with Crippen LogP contribution < -0.4 is 5.32 Å². The molecule has 1 amide bonds. The molecule has 3 aliphatic heterocycles. The third-order valence-electron chi connectivity index (χ3n) is 14.1. The normalized spacial score (nSPS) is 20.8. The molecule has 0 spiro atoms. The molecule has 3 aromatic heterocycles. The summed E-state index contributed by atoms with van der Waals surface area (Å²) in [7, 11) is 0. The van der Waals surface area contributed by atoms with E-state index >= 15 is 0 Å². The van der Waals surface area contributed by atoms with E-state index in [9.17, 15) is 4.79 Å². The maximum atomic E-state index is 13.0. The van der Waals surface area contributed by atoms with Crippen LogP contribution in [0, 0.1) is 83.0 Å². The predicted octanol–water partition coefficient (Wildman–Crippen LogP) is 11.9. The van der Waals surface area contributed by atoms with Gasteiger partial charge in [-0.3, -0.25) is 4.79 Å². The molecule has 3 aromatic carbocycles. The number of benzene rings is 3. The lowest BCUT2D eigenvalue weighted by Crippen LogP contribution is -2.25. The summed E-state index contributed by atoms with van der Waals surface area (Å²) in [5.74, 6) is 9.18. The number of aromatic amines is 2. The van der Waals surface area contributed by atoms with Crippen LogP contribution in [0.4, 0.5) is 0 Å². The number of hydrogen-bond donors (Lipinski definition) is 3. The van der Waals surface area contributed by atoms with Crippen molar-refractivity contribution in [2.45, 2.75) is 54.4 Å². The second kappa shape index (κ2) is 14.2. The van der Waals surface area contributed by atoms with Gasteiger partial charge in [-0.25, -0.2) is 9.97 Å². The molecule has 6 aromatic rings. The third-order valence-corrected chi connectivity index (χ3v) is 14.1. The number of hydrogen-bond acceptors (Lipinski definition) is 3. The first-order valence-corrected chi connectivity index (χ1v) is 21.8. The maximum absolute atomic E-state index is 13.0. The van der Waals surface area contributed by atoms with Crippen molar-refractivity contribution in [3.63, 3.8) is 0 Å². The molecule has 3 N–H and O–H groups in total. The number of rotatable bonds is 3. The Hall–Kier alpha value is -6.71. The largest absolute Gasteiger partial charge is 0.356 e. The van der Waals surface area contributed by atoms with E-state index in [1.807, 2.05) is 0 Å². The smallest absolute Gasteiger partial charge is 0.223 e. The second-order valence-corrected chi connectivity index (χ2v) is 18.1. The first-order valence-electron chi connectivity index (χ1n) is 21.8. The van der Waals surface area contributed by atoms with Crippen molar-refractivity contribution in [1.82, 2.24) is 25.3 Å². The van der Waals surface area contributed by atoms with Gasteiger partial charge in [-0.05, 0) is 160 Å². The van der Waals surface area contributed by atoms with E-state index in [1.54, 1.807) is 0 Å². The van der Waals surface area contributed by atoms with Crippen molar-refractivity contribution in [2.75, 3.05) is 6.54 Å². The topological polar surface area (TPSA) is 86.5 Å². The number of nitrogens with zero attached hydrogens (tertiary/aromatic N) is 2. The van der Waals surface area contributed by atoms with E-state index in [0.29, 0.717) is 17.8 Å². The predicted molar refractivity (Wildman–Crippen MR) is 250 cm³/mol. The van der Waals surface area contributed by atoms with Gasteiger partial charge in [0.05, 0.1) is 33.9 Å². The van der Waals surface area contributed by atoms with Crippen molar-refractivity contribution in [3.05, 3.63) is 141 Å². The molecular formula is C55H49N5O. The molecule has 61 heavy (non-hydrogen) atoms. The van der Waals surface area contributed by atoms with E-state index < -0.39 is 0 Å². The Morgan fingerprint density at radius 1 is 0.541 bits per heavy atom. The number of nitrogens with one attached hydrogen (secondary N) is 3. The fourth-order valence-electron chi connectivity index (χ4n) is 11.8. The molecule has 6 heteroatoms. The molecule has 6 nitrogen and oxygen atoms in total. The highest BCUT2D eigenvalue weighted by molar-refractivity contribution is 5.99. The fraction of sp³-hybridized carbons (Fsp3) is 0.255. The van der Waals surface area contributed by atoms with Crippen LogP contribution in [0.15, 0.2) is 78.9 Å². The van der Waals surface area contributed by atoms with Crippen molar-refractivity contribution in [3.8, 4) is 45.2 Å². The Kier molecular flexibility index (Phi) is 8.68. The van der Waals surface area contributed by atoms with Gasteiger partial charge >= 0.3 is 0 Å². The minimum atomic E-state index is 0.0874. The summed E-state index contributed by atoms with van der Waals surface area (Å²) in [5, 5.41) is 3.15. The molecule has 2 aliphatic carbocycles. The first-order chi connectivity index (χ1) is 29.6. The Bertz CT molecular complexity index is 3060. The fourth-order valence-corrected chi connectivity index (χ4v) is 11.8. The summed E-state index contributed by atoms with van der Waals surface area (Å²) in [6, 6.07) is 28.4. The van der Waals surface area contributed by atoms with E-state index in [-0.39, 0.29) is 17.7 Å². The standard InChI is InChI=1S/C55H49N5O/c1-29-24-31(3)49(32(4)25-29)53-45-18-16-41(57-45)39(15-13-36-37-12-14-38(36)52-40(37)28-56-55(52)61)42-17-19-46(58-42)54(50-33(5)26-30(2)27-34(50)6)48-23-21-44(60-48)51(35-10-8-7-9-11-35)43-20-22-47(53)59-43/h7-11,16-27,36-38,40,52,57,60H,12,14,28H2,1-6H3,(H,56,61). The number of aromatic nitrogens is 4. The zero-order valence-electron chi connectivity index (χ0n) is 35.6. The van der Waals surface area contributed by atoms with Crippen LogP contribution in [0.3, 0.4) is 0 Å². The molecule has 0 radical (unpaired) electrons. The lowest BCUT2D eigenvalue weighted by atomic mass is 9.81. The Labute approximate surface area is 357 Å². The van der Waals surface area contributed by atoms with Gasteiger partial charge in [0, 0.05) is 51.6 Å². The van der Waals surface area contributed by atoms with Gasteiger partial charge in [-0.2, -0.15) is 0 Å². The van der Waals surface area contributed by atoms with Crippen molar-refractivity contribution in [1.29, 1.82) is 0 Å². The number of fused-ring (bicyclic) bond motifs is 13. The summed E-state index contributed by atoms with van der Waals surface area (Å²) in [6.45, 7) is 13.9. The highest BCUT2D eigenvalue weighted by Crippen LogP contribution is 2.57.